The van der Waals surface area contributed by atoms with Gasteiger partial charge in [-0.05, 0) is 67.1 Å². The minimum Gasteiger partial charge on any atom is -0.481 e. The van der Waals surface area contributed by atoms with Crippen molar-refractivity contribution in [1.29, 1.82) is 0 Å². The van der Waals surface area contributed by atoms with Gasteiger partial charge in [-0.1, -0.05) is 13.0 Å². The first kappa shape index (κ1) is 22.0. The molecule has 1 aromatic carbocycles. The highest BCUT2D eigenvalue weighted by Crippen LogP contribution is 2.39. The van der Waals surface area contributed by atoms with E-state index in [-0.39, 0.29) is 17.6 Å². The first-order valence-electron chi connectivity index (χ1n) is 10.6. The second kappa shape index (κ2) is 9.91. The Morgan fingerprint density at radius 3 is 2.75 bits per heavy atom. The Bertz CT molecular complexity index is 1100. The molecule has 0 fully saturated rings. The van der Waals surface area contributed by atoms with Gasteiger partial charge in [-0.3, -0.25) is 14.6 Å². The second-order valence-corrected chi connectivity index (χ2v) is 8.67. The zero-order chi connectivity index (χ0) is 22.5. The fraction of sp³-hybridized carbons (Fsp3) is 0.292. The summed E-state index contributed by atoms with van der Waals surface area (Å²) < 4.78 is 18.9. The molecule has 2 heterocycles. The van der Waals surface area contributed by atoms with E-state index in [0.29, 0.717) is 29.3 Å². The summed E-state index contributed by atoms with van der Waals surface area (Å²) in [5.74, 6) is -0.504. The zero-order valence-electron chi connectivity index (χ0n) is 17.7. The van der Waals surface area contributed by atoms with Crippen LogP contribution < -0.4 is 15.4 Å². The van der Waals surface area contributed by atoms with Crippen LogP contribution in [-0.4, -0.2) is 22.9 Å². The van der Waals surface area contributed by atoms with E-state index in [1.54, 1.807) is 12.4 Å². The number of amides is 2. The van der Waals surface area contributed by atoms with Crippen molar-refractivity contribution < 1.29 is 18.7 Å². The number of benzene rings is 1. The Morgan fingerprint density at radius 1 is 1.22 bits per heavy atom. The molecule has 0 saturated carbocycles. The maximum atomic E-state index is 13.1. The van der Waals surface area contributed by atoms with E-state index in [4.69, 9.17) is 4.74 Å². The molecule has 3 aromatic rings. The van der Waals surface area contributed by atoms with Gasteiger partial charge in [0.1, 0.15) is 16.6 Å². The minimum atomic E-state index is -0.760. The number of pyridine rings is 1. The predicted molar refractivity (Wildman–Crippen MR) is 121 cm³/mol. The normalized spacial score (nSPS) is 13.3. The molecule has 0 aliphatic heterocycles. The van der Waals surface area contributed by atoms with Crippen LogP contribution in [0.1, 0.15) is 46.1 Å². The van der Waals surface area contributed by atoms with E-state index in [2.05, 4.69) is 15.6 Å². The predicted octanol–water partition coefficient (Wildman–Crippen LogP) is 4.50. The summed E-state index contributed by atoms with van der Waals surface area (Å²) in [5, 5.41) is 6.40. The van der Waals surface area contributed by atoms with E-state index < -0.39 is 6.10 Å². The number of hydrogen-bond acceptors (Lipinski definition) is 5. The molecule has 0 bridgehead atoms. The van der Waals surface area contributed by atoms with Crippen LogP contribution in [0.5, 0.6) is 5.75 Å². The van der Waals surface area contributed by atoms with Crippen LogP contribution in [0.25, 0.3) is 0 Å². The van der Waals surface area contributed by atoms with Gasteiger partial charge in [-0.15, -0.1) is 11.3 Å². The fourth-order valence-electron chi connectivity index (χ4n) is 3.70. The molecule has 2 aromatic heterocycles. The van der Waals surface area contributed by atoms with Crippen LogP contribution in [0, 0.1) is 5.82 Å². The summed E-state index contributed by atoms with van der Waals surface area (Å²) in [4.78, 5) is 31.2. The molecule has 0 radical (unpaired) electrons. The maximum absolute atomic E-state index is 13.1. The van der Waals surface area contributed by atoms with Crippen molar-refractivity contribution in [1.82, 2.24) is 10.3 Å². The molecule has 1 aliphatic rings. The molecular weight excluding hydrogens is 429 g/mol. The molecule has 6 nitrogen and oxygen atoms in total. The van der Waals surface area contributed by atoms with Crippen molar-refractivity contribution in [2.75, 3.05) is 5.32 Å². The Balaban J connectivity index is 1.49. The summed E-state index contributed by atoms with van der Waals surface area (Å²) >= 11 is 1.45. The number of nitrogens with zero attached hydrogens (tertiary/aromatic N) is 1. The van der Waals surface area contributed by atoms with Crippen LogP contribution in [0.15, 0.2) is 48.8 Å². The number of carbonyl (C=O) groups is 2. The standard InChI is InChI=1S/C24H24FN3O3S/c1-2-19(31-17-10-8-16(25)9-11-17)22(29)28-24-21(18-6-3-7-20(18)32-24)23(30)27-14-15-5-4-12-26-13-15/h4-5,8-13,19H,2-3,6-7,14H2,1H3,(H,27,30)(H,28,29). The van der Waals surface area contributed by atoms with Crippen molar-refractivity contribution in [3.05, 3.63) is 76.2 Å². The summed E-state index contributed by atoms with van der Waals surface area (Å²) in [6.45, 7) is 2.19. The monoisotopic (exact) mass is 453 g/mol. The summed E-state index contributed by atoms with van der Waals surface area (Å²) in [6.07, 6.45) is 5.79. The van der Waals surface area contributed by atoms with Crippen LogP contribution in [-0.2, 0) is 24.2 Å². The van der Waals surface area contributed by atoms with E-state index in [1.165, 1.54) is 35.6 Å². The van der Waals surface area contributed by atoms with E-state index >= 15 is 0 Å². The van der Waals surface area contributed by atoms with Crippen LogP contribution in [0.2, 0.25) is 0 Å². The molecule has 166 valence electrons. The molecule has 32 heavy (non-hydrogen) atoms. The molecule has 1 atom stereocenters. The smallest absolute Gasteiger partial charge is 0.266 e. The van der Waals surface area contributed by atoms with Gasteiger partial charge in [0.2, 0.25) is 0 Å². The molecule has 8 heteroatoms. The van der Waals surface area contributed by atoms with Gasteiger partial charge in [-0.25, -0.2) is 4.39 Å². The Kier molecular flexibility index (Phi) is 6.80. The van der Waals surface area contributed by atoms with Gasteiger partial charge < -0.3 is 15.4 Å². The average molecular weight is 454 g/mol. The molecule has 2 amide bonds. The van der Waals surface area contributed by atoms with Gasteiger partial charge in [-0.2, -0.15) is 0 Å². The number of carbonyl (C=O) groups excluding carboxylic acids is 2. The van der Waals surface area contributed by atoms with E-state index in [9.17, 15) is 14.0 Å². The lowest BCUT2D eigenvalue weighted by Crippen LogP contribution is -2.33. The summed E-state index contributed by atoms with van der Waals surface area (Å²) in [7, 11) is 0. The van der Waals surface area contributed by atoms with Gasteiger partial charge in [0.25, 0.3) is 11.8 Å². The van der Waals surface area contributed by atoms with Crippen molar-refractivity contribution >= 4 is 28.2 Å². The SMILES string of the molecule is CCC(Oc1ccc(F)cc1)C(=O)Nc1sc2c(c1C(=O)NCc1cccnc1)CCC2. The first-order chi connectivity index (χ1) is 15.5. The second-order valence-electron chi connectivity index (χ2n) is 7.56. The third kappa shape index (κ3) is 4.96. The molecule has 2 N–H and O–H groups in total. The lowest BCUT2D eigenvalue weighted by molar-refractivity contribution is -0.122. The Hall–Kier alpha value is -3.26. The molecule has 0 saturated heterocycles. The molecule has 0 spiro atoms. The molecule has 4 rings (SSSR count). The van der Waals surface area contributed by atoms with Gasteiger partial charge in [0.05, 0.1) is 5.56 Å². The lowest BCUT2D eigenvalue weighted by Gasteiger charge is -2.17. The number of aromatic nitrogens is 1. The van der Waals surface area contributed by atoms with Crippen molar-refractivity contribution in [2.24, 2.45) is 0 Å². The number of thiophene rings is 1. The first-order valence-corrected chi connectivity index (χ1v) is 11.4. The molecule has 1 unspecified atom stereocenters. The van der Waals surface area contributed by atoms with E-state index in [1.807, 2.05) is 19.1 Å². The highest BCUT2D eigenvalue weighted by molar-refractivity contribution is 7.17. The maximum Gasteiger partial charge on any atom is 0.266 e. The quantitative estimate of drug-likeness (QED) is 0.526. The van der Waals surface area contributed by atoms with Crippen molar-refractivity contribution in [3.63, 3.8) is 0 Å². The van der Waals surface area contributed by atoms with Crippen molar-refractivity contribution in [2.45, 2.75) is 45.3 Å². The number of anilines is 1. The number of nitrogens with one attached hydrogen (secondary N) is 2. The highest BCUT2D eigenvalue weighted by atomic mass is 32.1. The largest absolute Gasteiger partial charge is 0.481 e. The lowest BCUT2D eigenvalue weighted by atomic mass is 10.1. The third-order valence-corrected chi connectivity index (χ3v) is 6.52. The number of fused-ring (bicyclic) bond motifs is 1. The summed E-state index contributed by atoms with van der Waals surface area (Å²) in [6, 6.07) is 9.27. The van der Waals surface area contributed by atoms with Crippen molar-refractivity contribution in [3.8, 4) is 5.75 Å². The Morgan fingerprint density at radius 2 is 2.03 bits per heavy atom. The van der Waals surface area contributed by atoms with Gasteiger partial charge in [0, 0.05) is 23.8 Å². The number of aryl methyl sites for hydroxylation is 1. The molecular formula is C24H24FN3O3S. The van der Waals surface area contributed by atoms with Crippen LogP contribution in [0.3, 0.4) is 0 Å². The van der Waals surface area contributed by atoms with E-state index in [0.717, 1.165) is 35.3 Å². The summed E-state index contributed by atoms with van der Waals surface area (Å²) in [5.41, 5.74) is 2.45. The minimum absolute atomic E-state index is 0.212. The highest BCUT2D eigenvalue weighted by Gasteiger charge is 2.29. The van der Waals surface area contributed by atoms with Crippen LogP contribution >= 0.6 is 11.3 Å². The zero-order valence-corrected chi connectivity index (χ0v) is 18.5. The van der Waals surface area contributed by atoms with Gasteiger partial charge >= 0.3 is 0 Å². The topological polar surface area (TPSA) is 80.3 Å². The fourth-order valence-corrected chi connectivity index (χ4v) is 4.99. The number of halogens is 1. The third-order valence-electron chi connectivity index (χ3n) is 5.32. The van der Waals surface area contributed by atoms with Crippen LogP contribution in [0.4, 0.5) is 9.39 Å². The van der Waals surface area contributed by atoms with Gasteiger partial charge in [0.15, 0.2) is 6.10 Å². The molecule has 1 aliphatic carbocycles. The average Bonchev–Trinajstić information content (AvgIpc) is 3.38. The number of ether oxygens (including phenoxy) is 1. The Labute approximate surface area is 189 Å². The number of hydrogen-bond donors (Lipinski definition) is 2. The number of rotatable bonds is 8.